The summed E-state index contributed by atoms with van der Waals surface area (Å²) >= 11 is 6.02. The summed E-state index contributed by atoms with van der Waals surface area (Å²) in [4.78, 5) is 28.4. The van der Waals surface area contributed by atoms with Crippen LogP contribution < -0.4 is 5.32 Å². The maximum atomic E-state index is 13.4. The molecule has 5 rings (SSSR count). The molecule has 4 aliphatic rings. The second kappa shape index (κ2) is 8.57. The number of nitrogens with zero attached hydrogens (tertiary/aromatic N) is 1. The van der Waals surface area contributed by atoms with Crippen molar-refractivity contribution in [2.24, 2.45) is 23.2 Å². The third kappa shape index (κ3) is 3.99. The fourth-order valence-corrected chi connectivity index (χ4v) is 7.64. The molecule has 0 aromatic heterocycles. The Kier molecular flexibility index (Phi) is 6.01. The van der Waals surface area contributed by atoms with Gasteiger partial charge in [0.25, 0.3) is 0 Å². The van der Waals surface area contributed by atoms with Gasteiger partial charge in [0.1, 0.15) is 6.04 Å². The maximum absolute atomic E-state index is 13.4. The molecule has 2 N–H and O–H groups in total. The number of benzene rings is 1. The molecule has 6 heteroatoms. The number of carbonyl (C=O) groups excluding carboxylic acids is 2. The van der Waals surface area contributed by atoms with Crippen LogP contribution in [-0.2, 0) is 9.59 Å². The summed E-state index contributed by atoms with van der Waals surface area (Å²) in [5, 5.41) is 15.1. The van der Waals surface area contributed by atoms with Crippen molar-refractivity contribution in [3.05, 3.63) is 34.9 Å². The molecule has 1 aromatic rings. The van der Waals surface area contributed by atoms with Crippen LogP contribution in [-0.4, -0.2) is 46.6 Å². The molecule has 1 aromatic carbocycles. The van der Waals surface area contributed by atoms with Crippen LogP contribution in [0.5, 0.6) is 0 Å². The van der Waals surface area contributed by atoms with Crippen LogP contribution in [0.4, 0.5) is 0 Å². The average molecular weight is 473 g/mol. The second-order valence-corrected chi connectivity index (χ2v) is 12.0. The fourth-order valence-electron chi connectivity index (χ4n) is 7.52. The Morgan fingerprint density at radius 3 is 2.45 bits per heavy atom. The molecule has 2 bridgehead atoms. The van der Waals surface area contributed by atoms with Gasteiger partial charge in [-0.2, -0.15) is 0 Å². The van der Waals surface area contributed by atoms with Gasteiger partial charge in [0, 0.05) is 29.9 Å². The monoisotopic (exact) mass is 472 g/mol. The summed E-state index contributed by atoms with van der Waals surface area (Å²) in [6, 6.07) is 7.51. The number of amides is 2. The average Bonchev–Trinajstić information content (AvgIpc) is 2.92. The number of carbonyl (C=O) groups is 2. The number of likely N-dealkylation sites (tertiary alicyclic amines) is 1. The SMILES string of the molecule is CC(C)[C@@H](NC(=O)CC12CC3CCC(C1)C2(O)C3)C(=O)N1CCC(c2ccc(Cl)cc2)CC1. The van der Waals surface area contributed by atoms with Crippen LogP contribution in [0.15, 0.2) is 24.3 Å². The minimum Gasteiger partial charge on any atom is -0.389 e. The van der Waals surface area contributed by atoms with Gasteiger partial charge in [-0.25, -0.2) is 0 Å². The van der Waals surface area contributed by atoms with E-state index in [1.54, 1.807) is 0 Å². The van der Waals surface area contributed by atoms with Gasteiger partial charge in [0.05, 0.1) is 5.60 Å². The molecule has 1 heterocycles. The van der Waals surface area contributed by atoms with Gasteiger partial charge in [-0.15, -0.1) is 0 Å². The Morgan fingerprint density at radius 1 is 1.09 bits per heavy atom. The molecule has 180 valence electrons. The highest BCUT2D eigenvalue weighted by molar-refractivity contribution is 6.30. The van der Waals surface area contributed by atoms with Gasteiger partial charge in [0.15, 0.2) is 0 Å². The first-order valence-corrected chi connectivity index (χ1v) is 13.1. The lowest BCUT2D eigenvalue weighted by Gasteiger charge is -2.58. The summed E-state index contributed by atoms with van der Waals surface area (Å²) in [5.74, 6) is 1.34. The molecular weight excluding hydrogens is 436 g/mol. The molecule has 1 aliphatic heterocycles. The van der Waals surface area contributed by atoms with Crippen molar-refractivity contribution in [1.29, 1.82) is 0 Å². The van der Waals surface area contributed by atoms with E-state index in [4.69, 9.17) is 11.6 Å². The first-order chi connectivity index (χ1) is 15.7. The molecule has 3 saturated carbocycles. The molecule has 5 atom stereocenters. The molecule has 0 spiro atoms. The van der Waals surface area contributed by atoms with E-state index >= 15 is 0 Å². The Labute approximate surface area is 202 Å². The third-order valence-electron chi connectivity index (χ3n) is 9.33. The standard InChI is InChI=1S/C27H37ClN2O3/c1-17(2)24(25(32)30-11-9-20(10-12-30)19-4-7-22(28)8-5-19)29-23(31)16-26-13-18-3-6-21(15-26)27(26,33)14-18/h4-5,7-8,17-18,20-21,24,33H,3,6,9-16H2,1-2H3,(H,29,31)/t18?,21?,24-,26?,27?/m1/s1. The van der Waals surface area contributed by atoms with Crippen molar-refractivity contribution in [1.82, 2.24) is 10.2 Å². The number of halogens is 1. The second-order valence-electron chi connectivity index (χ2n) is 11.6. The molecule has 4 fully saturated rings. The van der Waals surface area contributed by atoms with Gasteiger partial charge in [-0.3, -0.25) is 9.59 Å². The van der Waals surface area contributed by atoms with Gasteiger partial charge >= 0.3 is 0 Å². The summed E-state index contributed by atoms with van der Waals surface area (Å²) in [7, 11) is 0. The normalized spacial score (nSPS) is 34.2. The van der Waals surface area contributed by atoms with Crippen LogP contribution in [0.1, 0.15) is 76.7 Å². The van der Waals surface area contributed by atoms with Gasteiger partial charge in [-0.05, 0) is 86.3 Å². The number of aliphatic hydroxyl groups is 1. The minimum absolute atomic E-state index is 0.0213. The summed E-state index contributed by atoms with van der Waals surface area (Å²) in [6.07, 6.45) is 7.28. The van der Waals surface area contributed by atoms with Crippen molar-refractivity contribution in [3.63, 3.8) is 0 Å². The Bertz CT molecular complexity index is 910. The third-order valence-corrected chi connectivity index (χ3v) is 9.58. The highest BCUT2D eigenvalue weighted by Gasteiger charge is 2.71. The van der Waals surface area contributed by atoms with Crippen molar-refractivity contribution < 1.29 is 14.7 Å². The summed E-state index contributed by atoms with van der Waals surface area (Å²) in [6.45, 7) is 5.41. The molecule has 5 nitrogen and oxygen atoms in total. The highest BCUT2D eigenvalue weighted by atomic mass is 35.5. The number of rotatable bonds is 6. The van der Waals surface area contributed by atoms with E-state index in [-0.39, 0.29) is 23.1 Å². The molecule has 33 heavy (non-hydrogen) atoms. The van der Waals surface area contributed by atoms with E-state index in [9.17, 15) is 14.7 Å². The molecule has 0 radical (unpaired) electrons. The molecule has 1 saturated heterocycles. The maximum Gasteiger partial charge on any atom is 0.245 e. The van der Waals surface area contributed by atoms with Crippen molar-refractivity contribution >= 4 is 23.4 Å². The van der Waals surface area contributed by atoms with Gasteiger partial charge in [-0.1, -0.05) is 37.6 Å². The molecule has 3 aliphatic carbocycles. The smallest absolute Gasteiger partial charge is 0.245 e. The van der Waals surface area contributed by atoms with Crippen LogP contribution in [0, 0.1) is 23.2 Å². The van der Waals surface area contributed by atoms with Crippen LogP contribution in [0.3, 0.4) is 0 Å². The van der Waals surface area contributed by atoms with Crippen molar-refractivity contribution in [2.45, 2.75) is 82.8 Å². The summed E-state index contributed by atoms with van der Waals surface area (Å²) in [5.41, 5.74) is 0.372. The van der Waals surface area contributed by atoms with E-state index in [0.717, 1.165) is 43.5 Å². The van der Waals surface area contributed by atoms with E-state index in [1.807, 2.05) is 30.9 Å². The predicted octanol–water partition coefficient (Wildman–Crippen LogP) is 4.52. The fraction of sp³-hybridized carbons (Fsp3) is 0.704. The molecular formula is C27H37ClN2O3. The van der Waals surface area contributed by atoms with Crippen molar-refractivity contribution in [3.8, 4) is 0 Å². The Hall–Kier alpha value is -1.59. The number of piperidine rings is 1. The van der Waals surface area contributed by atoms with Gasteiger partial charge < -0.3 is 15.3 Å². The summed E-state index contributed by atoms with van der Waals surface area (Å²) < 4.78 is 0. The van der Waals surface area contributed by atoms with E-state index in [0.29, 0.717) is 37.3 Å². The number of nitrogens with one attached hydrogen (secondary N) is 1. The number of hydrogen-bond donors (Lipinski definition) is 2. The zero-order valence-electron chi connectivity index (χ0n) is 19.9. The largest absolute Gasteiger partial charge is 0.389 e. The van der Waals surface area contributed by atoms with E-state index in [1.165, 1.54) is 12.0 Å². The quantitative estimate of drug-likeness (QED) is 0.639. The highest BCUT2D eigenvalue weighted by Crippen LogP contribution is 2.71. The lowest BCUT2D eigenvalue weighted by Crippen LogP contribution is -2.63. The first kappa shape index (κ1) is 23.2. The van der Waals surface area contributed by atoms with Gasteiger partial charge in [0.2, 0.25) is 11.8 Å². The number of hydrogen-bond acceptors (Lipinski definition) is 3. The lowest BCUT2D eigenvalue weighted by atomic mass is 9.49. The molecule has 2 amide bonds. The number of fused-ring (bicyclic) bond motifs is 1. The van der Waals surface area contributed by atoms with E-state index < -0.39 is 11.6 Å². The van der Waals surface area contributed by atoms with E-state index in [2.05, 4.69) is 17.4 Å². The Morgan fingerprint density at radius 2 is 1.79 bits per heavy atom. The minimum atomic E-state index is -0.645. The zero-order chi connectivity index (χ0) is 23.4. The Balaban J connectivity index is 1.18. The van der Waals surface area contributed by atoms with Crippen LogP contribution in [0.2, 0.25) is 5.02 Å². The first-order valence-electron chi connectivity index (χ1n) is 12.8. The predicted molar refractivity (Wildman–Crippen MR) is 129 cm³/mol. The topological polar surface area (TPSA) is 69.6 Å². The molecule has 4 unspecified atom stereocenters. The zero-order valence-corrected chi connectivity index (χ0v) is 20.6. The van der Waals surface area contributed by atoms with Crippen LogP contribution >= 0.6 is 11.6 Å². The van der Waals surface area contributed by atoms with Crippen LogP contribution in [0.25, 0.3) is 0 Å². The lowest BCUT2D eigenvalue weighted by molar-refractivity contribution is -0.206. The van der Waals surface area contributed by atoms with Crippen molar-refractivity contribution in [2.75, 3.05) is 13.1 Å².